The van der Waals surface area contributed by atoms with Crippen molar-refractivity contribution in [2.45, 2.75) is 77.6 Å². The molecule has 17 heavy (non-hydrogen) atoms. The zero-order valence-electron chi connectivity index (χ0n) is 11.8. The summed E-state index contributed by atoms with van der Waals surface area (Å²) < 4.78 is 0. The maximum absolute atomic E-state index is 3.78. The van der Waals surface area contributed by atoms with Gasteiger partial charge in [-0.3, -0.25) is 0 Å². The van der Waals surface area contributed by atoms with Gasteiger partial charge in [0.15, 0.2) is 0 Å². The first-order chi connectivity index (χ1) is 8.41. The molecule has 0 rings (SSSR count). The Hall–Kier alpha value is -0.520. The van der Waals surface area contributed by atoms with Crippen molar-refractivity contribution in [3.63, 3.8) is 0 Å². The van der Waals surface area contributed by atoms with Crippen molar-refractivity contribution < 1.29 is 0 Å². The lowest BCUT2D eigenvalue weighted by Gasteiger charge is -1.96. The molecular formula is C17H31. The van der Waals surface area contributed by atoms with E-state index in [1.807, 2.05) is 0 Å². The molecule has 0 spiro atoms. The fourth-order valence-corrected chi connectivity index (χ4v) is 1.86. The predicted molar refractivity (Wildman–Crippen MR) is 80.1 cm³/mol. The van der Waals surface area contributed by atoms with Gasteiger partial charge in [-0.1, -0.05) is 56.9 Å². The van der Waals surface area contributed by atoms with E-state index < -0.39 is 0 Å². The minimum Gasteiger partial charge on any atom is -0.0885 e. The molecule has 1 radical (unpaired) electrons. The Bertz CT molecular complexity index is 176. The molecule has 0 N–H and O–H groups in total. The lowest BCUT2D eigenvalue weighted by molar-refractivity contribution is 0.670. The molecule has 0 aliphatic carbocycles. The van der Waals surface area contributed by atoms with Gasteiger partial charge in [0.1, 0.15) is 0 Å². The Balaban J connectivity index is 3.06. The van der Waals surface area contributed by atoms with E-state index in [0.29, 0.717) is 0 Å². The third-order valence-electron chi connectivity index (χ3n) is 2.97. The van der Waals surface area contributed by atoms with E-state index >= 15 is 0 Å². The third-order valence-corrected chi connectivity index (χ3v) is 2.97. The van der Waals surface area contributed by atoms with Gasteiger partial charge >= 0.3 is 0 Å². The Labute approximate surface area is 109 Å². The predicted octanol–water partition coefficient (Wildman–Crippen LogP) is 6.24. The summed E-state index contributed by atoms with van der Waals surface area (Å²) in [6, 6.07) is 0. The van der Waals surface area contributed by atoms with Crippen molar-refractivity contribution in [2.75, 3.05) is 0 Å². The molecule has 0 saturated heterocycles. The van der Waals surface area contributed by atoms with E-state index in [9.17, 15) is 0 Å². The van der Waals surface area contributed by atoms with Crippen LogP contribution in [0.1, 0.15) is 77.6 Å². The van der Waals surface area contributed by atoms with E-state index in [1.165, 1.54) is 64.2 Å². The van der Waals surface area contributed by atoms with Gasteiger partial charge in [0.25, 0.3) is 0 Å². The van der Waals surface area contributed by atoms with Crippen molar-refractivity contribution in [1.82, 2.24) is 0 Å². The average Bonchev–Trinajstić information content (AvgIpc) is 2.35. The third kappa shape index (κ3) is 15.5. The SMILES string of the molecule is [CH2]CC=CCCCCCC=CCCCCCC. The first-order valence-electron chi connectivity index (χ1n) is 7.51. The highest BCUT2D eigenvalue weighted by molar-refractivity contribution is 4.83. The molecule has 0 atom stereocenters. The molecule has 0 aliphatic rings. The molecule has 0 saturated carbocycles. The zero-order valence-corrected chi connectivity index (χ0v) is 11.8. The van der Waals surface area contributed by atoms with Crippen LogP contribution in [-0.4, -0.2) is 0 Å². The molecule has 0 amide bonds. The first-order valence-corrected chi connectivity index (χ1v) is 7.51. The quantitative estimate of drug-likeness (QED) is 0.277. The number of unbranched alkanes of at least 4 members (excludes halogenated alkanes) is 8. The molecule has 0 aromatic carbocycles. The Morgan fingerprint density at radius 1 is 0.647 bits per heavy atom. The van der Waals surface area contributed by atoms with Gasteiger partial charge in [0, 0.05) is 0 Å². The van der Waals surface area contributed by atoms with Crippen LogP contribution in [0.15, 0.2) is 24.3 Å². The highest BCUT2D eigenvalue weighted by atomic mass is 13.9. The summed E-state index contributed by atoms with van der Waals surface area (Å²) in [4.78, 5) is 0. The van der Waals surface area contributed by atoms with Gasteiger partial charge in [-0.05, 0) is 51.9 Å². The molecule has 0 bridgehead atoms. The smallest absolute Gasteiger partial charge is 0.0351 e. The van der Waals surface area contributed by atoms with Crippen LogP contribution in [0.4, 0.5) is 0 Å². The lowest BCUT2D eigenvalue weighted by Crippen LogP contribution is -1.76. The van der Waals surface area contributed by atoms with E-state index in [2.05, 4.69) is 38.2 Å². The minimum absolute atomic E-state index is 0.931. The number of rotatable bonds is 12. The zero-order chi connectivity index (χ0) is 12.6. The van der Waals surface area contributed by atoms with Gasteiger partial charge < -0.3 is 0 Å². The number of hydrogen-bond acceptors (Lipinski definition) is 0. The molecule has 0 heteroatoms. The van der Waals surface area contributed by atoms with Crippen LogP contribution in [0.5, 0.6) is 0 Å². The molecular weight excluding hydrogens is 204 g/mol. The van der Waals surface area contributed by atoms with Gasteiger partial charge in [-0.2, -0.15) is 0 Å². The summed E-state index contributed by atoms with van der Waals surface area (Å²) in [5.74, 6) is 0. The van der Waals surface area contributed by atoms with Gasteiger partial charge in [0.05, 0.1) is 0 Å². The maximum atomic E-state index is 3.78. The second-order valence-electron chi connectivity index (χ2n) is 4.72. The second kappa shape index (κ2) is 15.5. The van der Waals surface area contributed by atoms with E-state index in [-0.39, 0.29) is 0 Å². The normalized spacial score (nSPS) is 11.9. The van der Waals surface area contributed by atoms with Crippen LogP contribution in [0.2, 0.25) is 0 Å². The van der Waals surface area contributed by atoms with Crippen LogP contribution >= 0.6 is 0 Å². The van der Waals surface area contributed by atoms with E-state index in [4.69, 9.17) is 0 Å². The summed E-state index contributed by atoms with van der Waals surface area (Å²) in [7, 11) is 0. The molecule has 0 nitrogen and oxygen atoms in total. The van der Waals surface area contributed by atoms with Crippen LogP contribution in [0.25, 0.3) is 0 Å². The molecule has 0 heterocycles. The van der Waals surface area contributed by atoms with Crippen molar-refractivity contribution in [3.8, 4) is 0 Å². The van der Waals surface area contributed by atoms with Crippen LogP contribution < -0.4 is 0 Å². The highest BCUT2D eigenvalue weighted by Crippen LogP contribution is 2.06. The summed E-state index contributed by atoms with van der Waals surface area (Å²) >= 11 is 0. The molecule has 0 fully saturated rings. The van der Waals surface area contributed by atoms with Gasteiger partial charge in [-0.15, -0.1) is 0 Å². The topological polar surface area (TPSA) is 0 Å². The fraction of sp³-hybridized carbons (Fsp3) is 0.706. The fourth-order valence-electron chi connectivity index (χ4n) is 1.86. The summed E-state index contributed by atoms with van der Waals surface area (Å²) in [6.07, 6.45) is 23.5. The highest BCUT2D eigenvalue weighted by Gasteiger charge is 1.87. The van der Waals surface area contributed by atoms with Crippen molar-refractivity contribution in [1.29, 1.82) is 0 Å². The molecule has 0 aliphatic heterocycles. The van der Waals surface area contributed by atoms with Crippen molar-refractivity contribution >= 4 is 0 Å². The summed E-state index contributed by atoms with van der Waals surface area (Å²) in [5.41, 5.74) is 0. The second-order valence-corrected chi connectivity index (χ2v) is 4.72. The molecule has 99 valence electrons. The summed E-state index contributed by atoms with van der Waals surface area (Å²) in [6.45, 7) is 6.05. The molecule has 0 aromatic heterocycles. The van der Waals surface area contributed by atoms with Crippen LogP contribution in [-0.2, 0) is 0 Å². The van der Waals surface area contributed by atoms with Gasteiger partial charge in [0.2, 0.25) is 0 Å². The molecule has 0 unspecified atom stereocenters. The lowest BCUT2D eigenvalue weighted by atomic mass is 10.1. The Morgan fingerprint density at radius 2 is 1.12 bits per heavy atom. The number of allylic oxidation sites excluding steroid dienone is 4. The van der Waals surface area contributed by atoms with Crippen molar-refractivity contribution in [3.05, 3.63) is 31.2 Å². The molecule has 0 aromatic rings. The first kappa shape index (κ1) is 16.5. The number of hydrogen-bond donors (Lipinski definition) is 0. The Kier molecular flexibility index (Phi) is 15.0. The van der Waals surface area contributed by atoms with E-state index in [0.717, 1.165) is 6.42 Å². The minimum atomic E-state index is 0.931. The van der Waals surface area contributed by atoms with Crippen LogP contribution in [0.3, 0.4) is 0 Å². The standard InChI is InChI=1S/C17H31/c1-3-5-7-9-11-13-15-17-16-14-12-10-8-6-4-2/h5,7,14,16H,1,3-4,6,8-13,15,17H2,2H3. The van der Waals surface area contributed by atoms with Gasteiger partial charge in [-0.25, -0.2) is 0 Å². The summed E-state index contributed by atoms with van der Waals surface area (Å²) in [5, 5.41) is 0. The Morgan fingerprint density at radius 3 is 1.59 bits per heavy atom. The monoisotopic (exact) mass is 235 g/mol. The average molecular weight is 235 g/mol. The largest absolute Gasteiger partial charge is 0.0885 e. The van der Waals surface area contributed by atoms with E-state index in [1.54, 1.807) is 0 Å². The van der Waals surface area contributed by atoms with Crippen molar-refractivity contribution in [2.24, 2.45) is 0 Å². The maximum Gasteiger partial charge on any atom is -0.0351 e. The van der Waals surface area contributed by atoms with Crippen LogP contribution in [0, 0.1) is 6.92 Å².